The predicted octanol–water partition coefficient (Wildman–Crippen LogP) is 3.67. The molecule has 0 aliphatic carbocycles. The van der Waals surface area contributed by atoms with Gasteiger partial charge in [0.05, 0.1) is 0 Å². The van der Waals surface area contributed by atoms with Crippen molar-refractivity contribution in [2.45, 2.75) is 33.6 Å². The minimum absolute atomic E-state index is 1.08. The summed E-state index contributed by atoms with van der Waals surface area (Å²) >= 11 is 0. The lowest BCUT2D eigenvalue weighted by Gasteiger charge is -2.23. The maximum Gasteiger partial charge on any atom is 0.0219 e. The van der Waals surface area contributed by atoms with Gasteiger partial charge in [-0.05, 0) is 30.9 Å². The molecular weight excluding hydrogens is 170 g/mol. The summed E-state index contributed by atoms with van der Waals surface area (Å²) in [7, 11) is 0. The molecule has 0 amide bonds. The van der Waals surface area contributed by atoms with Crippen LogP contribution in [0.1, 0.15) is 33.6 Å². The van der Waals surface area contributed by atoms with Crippen molar-refractivity contribution in [3.05, 3.63) is 42.1 Å². The molecule has 1 heterocycles. The van der Waals surface area contributed by atoms with Crippen LogP contribution in [0.25, 0.3) is 0 Å². The zero-order valence-electron chi connectivity index (χ0n) is 9.46. The third-order valence-electron chi connectivity index (χ3n) is 2.14. The lowest BCUT2D eigenvalue weighted by atomic mass is 10.1. The second kappa shape index (κ2) is 5.69. The van der Waals surface area contributed by atoms with Crippen LogP contribution in [0.15, 0.2) is 36.2 Å². The normalized spacial score (nSPS) is 16.0. The fraction of sp³-hybridized carbons (Fsp3) is 0.462. The smallest absolute Gasteiger partial charge is 0.0219 e. The van der Waals surface area contributed by atoms with E-state index < -0.39 is 0 Å². The van der Waals surface area contributed by atoms with E-state index >= 15 is 0 Å². The monoisotopic (exact) mass is 190 g/mol. The maximum absolute atomic E-state index is 2.34. The second-order valence-electron chi connectivity index (χ2n) is 3.96. The van der Waals surface area contributed by atoms with Crippen molar-refractivity contribution < 1.29 is 0 Å². The van der Waals surface area contributed by atoms with Crippen LogP contribution in [0.5, 0.6) is 0 Å². The molecule has 1 radical (unpaired) electrons. The molecule has 0 aromatic rings. The number of rotatable bonds is 4. The van der Waals surface area contributed by atoms with Gasteiger partial charge in [0, 0.05) is 18.4 Å². The van der Waals surface area contributed by atoms with Gasteiger partial charge in [-0.3, -0.25) is 0 Å². The zero-order valence-corrected chi connectivity index (χ0v) is 9.46. The number of nitrogens with zero attached hydrogens (tertiary/aromatic N) is 1. The van der Waals surface area contributed by atoms with Crippen molar-refractivity contribution in [3.63, 3.8) is 0 Å². The Hall–Kier alpha value is -0.980. The molecule has 1 rings (SSSR count). The van der Waals surface area contributed by atoms with Crippen LogP contribution >= 0.6 is 0 Å². The third-order valence-corrected chi connectivity index (χ3v) is 2.14. The van der Waals surface area contributed by atoms with Crippen LogP contribution in [-0.2, 0) is 0 Å². The lowest BCUT2D eigenvalue weighted by molar-refractivity contribution is 0.446. The van der Waals surface area contributed by atoms with Gasteiger partial charge in [0.25, 0.3) is 0 Å². The van der Waals surface area contributed by atoms with Gasteiger partial charge in [-0.15, -0.1) is 0 Å². The minimum atomic E-state index is 1.08. The van der Waals surface area contributed by atoms with Crippen molar-refractivity contribution in [1.29, 1.82) is 0 Å². The molecule has 1 aliphatic heterocycles. The maximum atomic E-state index is 2.34. The molecule has 0 aromatic heterocycles. The Morgan fingerprint density at radius 3 is 2.64 bits per heavy atom. The van der Waals surface area contributed by atoms with Crippen LogP contribution < -0.4 is 0 Å². The molecule has 0 saturated heterocycles. The average Bonchev–Trinajstić information content (AvgIpc) is 2.32. The number of hydrogen-bond acceptors (Lipinski definition) is 1. The molecule has 1 nitrogen and oxygen atoms in total. The molecule has 0 bridgehead atoms. The van der Waals surface area contributed by atoms with Gasteiger partial charge >= 0.3 is 0 Å². The van der Waals surface area contributed by atoms with Crippen LogP contribution in [0.4, 0.5) is 0 Å². The largest absolute Gasteiger partial charge is 0.351 e. The Labute approximate surface area is 87.8 Å². The summed E-state index contributed by atoms with van der Waals surface area (Å²) in [4.78, 5) is 2.34. The summed E-state index contributed by atoms with van der Waals surface area (Å²) in [5.41, 5.74) is 1.40. The lowest BCUT2D eigenvalue weighted by Crippen LogP contribution is -2.18. The molecular formula is C13H20N. The summed E-state index contributed by atoms with van der Waals surface area (Å²) in [5.74, 6) is 1.46. The van der Waals surface area contributed by atoms with Crippen molar-refractivity contribution in [3.8, 4) is 0 Å². The van der Waals surface area contributed by atoms with Crippen molar-refractivity contribution in [1.82, 2.24) is 4.90 Å². The highest BCUT2D eigenvalue weighted by molar-refractivity contribution is 5.23. The molecule has 0 N–H and O–H groups in total. The van der Waals surface area contributed by atoms with E-state index in [9.17, 15) is 0 Å². The number of allylic oxidation sites excluding steroid dienone is 5. The molecule has 0 fully saturated rings. The van der Waals surface area contributed by atoms with Crippen molar-refractivity contribution in [2.24, 2.45) is 0 Å². The van der Waals surface area contributed by atoms with Gasteiger partial charge in [0.15, 0.2) is 0 Å². The standard InChI is InChI=1S/C13H20N/c1-4-9-14-10-7-5-6-8-13(14)11-12(2)3/h5-8,10H,4,9,11H2,1-3H3. The minimum Gasteiger partial charge on any atom is -0.351 e. The van der Waals surface area contributed by atoms with E-state index in [-0.39, 0.29) is 0 Å². The summed E-state index contributed by atoms with van der Waals surface area (Å²) in [5, 5.41) is 0. The zero-order chi connectivity index (χ0) is 10.4. The van der Waals surface area contributed by atoms with E-state index in [1.165, 1.54) is 18.0 Å². The van der Waals surface area contributed by atoms with E-state index in [1.807, 2.05) is 0 Å². The topological polar surface area (TPSA) is 3.24 Å². The number of hydrogen-bond donors (Lipinski definition) is 0. The second-order valence-corrected chi connectivity index (χ2v) is 3.96. The first-order chi connectivity index (χ1) is 6.74. The fourth-order valence-electron chi connectivity index (χ4n) is 1.56. The molecule has 0 unspecified atom stereocenters. The summed E-state index contributed by atoms with van der Waals surface area (Å²) < 4.78 is 0. The van der Waals surface area contributed by atoms with Gasteiger partial charge in [0.2, 0.25) is 0 Å². The first-order valence-electron chi connectivity index (χ1n) is 5.33. The SMILES string of the molecule is CCCN1C=CC=CC=C1C[C](C)C. The summed E-state index contributed by atoms with van der Waals surface area (Å²) in [6.45, 7) is 7.69. The Balaban J connectivity index is 2.69. The molecule has 1 aliphatic rings. The molecule has 0 atom stereocenters. The highest BCUT2D eigenvalue weighted by Crippen LogP contribution is 2.19. The quantitative estimate of drug-likeness (QED) is 0.653. The van der Waals surface area contributed by atoms with E-state index in [0.29, 0.717) is 0 Å². The molecule has 1 heteroatoms. The van der Waals surface area contributed by atoms with Crippen LogP contribution in [0.3, 0.4) is 0 Å². The Kier molecular flexibility index (Phi) is 4.51. The fourth-order valence-corrected chi connectivity index (χ4v) is 1.56. The Morgan fingerprint density at radius 1 is 1.21 bits per heavy atom. The van der Waals surface area contributed by atoms with Crippen LogP contribution in [-0.4, -0.2) is 11.4 Å². The van der Waals surface area contributed by atoms with Gasteiger partial charge in [-0.25, -0.2) is 0 Å². The van der Waals surface area contributed by atoms with Crippen molar-refractivity contribution >= 4 is 0 Å². The predicted molar refractivity (Wildman–Crippen MR) is 62.6 cm³/mol. The summed E-state index contributed by atoms with van der Waals surface area (Å²) in [6, 6.07) is 0. The molecule has 77 valence electrons. The molecule has 14 heavy (non-hydrogen) atoms. The molecule has 0 saturated carbocycles. The van der Waals surface area contributed by atoms with Gasteiger partial charge in [0.1, 0.15) is 0 Å². The summed E-state index contributed by atoms with van der Waals surface area (Å²) in [6.07, 6.45) is 12.9. The van der Waals surface area contributed by atoms with E-state index in [4.69, 9.17) is 0 Å². The van der Waals surface area contributed by atoms with Crippen LogP contribution in [0.2, 0.25) is 0 Å². The highest BCUT2D eigenvalue weighted by atomic mass is 15.1. The third kappa shape index (κ3) is 3.41. The van der Waals surface area contributed by atoms with E-state index in [2.05, 4.69) is 56.2 Å². The van der Waals surface area contributed by atoms with Crippen LogP contribution in [0, 0.1) is 5.92 Å². The first kappa shape index (κ1) is 11.1. The van der Waals surface area contributed by atoms with E-state index in [0.717, 1.165) is 13.0 Å². The van der Waals surface area contributed by atoms with Crippen molar-refractivity contribution in [2.75, 3.05) is 6.54 Å². The van der Waals surface area contributed by atoms with Gasteiger partial charge in [-0.1, -0.05) is 32.9 Å². The van der Waals surface area contributed by atoms with Gasteiger partial charge < -0.3 is 4.90 Å². The Morgan fingerprint density at radius 2 is 2.00 bits per heavy atom. The molecule has 0 aromatic carbocycles. The van der Waals surface area contributed by atoms with Gasteiger partial charge in [-0.2, -0.15) is 0 Å². The highest BCUT2D eigenvalue weighted by Gasteiger charge is 2.08. The molecule has 0 spiro atoms. The first-order valence-corrected chi connectivity index (χ1v) is 5.33. The van der Waals surface area contributed by atoms with E-state index in [1.54, 1.807) is 0 Å². The Bertz CT molecular complexity index is 246. The average molecular weight is 190 g/mol.